The maximum absolute atomic E-state index is 13.8. The number of hydrogen-bond donors (Lipinski definition) is 2. The molecule has 0 fully saturated rings. The molecule has 0 amide bonds. The first kappa shape index (κ1) is 12.8. The number of benzene rings is 1. The Kier molecular flexibility index (Phi) is 3.53. The maximum Gasteiger partial charge on any atom is 0.343 e. The molecule has 0 bridgehead atoms. The van der Waals surface area contributed by atoms with Crippen LogP contribution in [0.25, 0.3) is 0 Å². The molecule has 0 aliphatic carbocycles. The van der Waals surface area contributed by atoms with E-state index in [0.29, 0.717) is 15.6 Å². The van der Waals surface area contributed by atoms with Gasteiger partial charge < -0.3 is 5.11 Å². The number of aromatic amines is 1. The van der Waals surface area contributed by atoms with Crippen molar-refractivity contribution in [3.63, 3.8) is 0 Å². The molecule has 0 saturated carbocycles. The van der Waals surface area contributed by atoms with Crippen LogP contribution in [-0.4, -0.2) is 19.9 Å². The van der Waals surface area contributed by atoms with E-state index in [9.17, 15) is 14.3 Å². The Labute approximate surface area is 107 Å². The van der Waals surface area contributed by atoms with E-state index in [1.54, 1.807) is 26.1 Å². The first-order valence-corrected chi connectivity index (χ1v) is 6.07. The molecule has 0 saturated heterocycles. The summed E-state index contributed by atoms with van der Waals surface area (Å²) in [4.78, 5) is 11.5. The summed E-state index contributed by atoms with van der Waals surface area (Å²) in [5, 5.41) is 15.8. The highest BCUT2D eigenvalue weighted by atomic mass is 32.2. The average molecular weight is 269 g/mol. The van der Waals surface area contributed by atoms with Gasteiger partial charge in [0, 0.05) is 7.05 Å². The van der Waals surface area contributed by atoms with E-state index >= 15 is 0 Å². The smallest absolute Gasteiger partial charge is 0.343 e. The molecule has 5 nitrogen and oxygen atoms in total. The zero-order valence-corrected chi connectivity index (χ0v) is 10.7. The lowest BCUT2D eigenvalue weighted by Gasteiger charge is -2.07. The van der Waals surface area contributed by atoms with Gasteiger partial charge in [-0.1, -0.05) is 6.07 Å². The second-order valence-electron chi connectivity index (χ2n) is 3.84. The van der Waals surface area contributed by atoms with Gasteiger partial charge in [0.05, 0.1) is 11.0 Å². The molecule has 0 aliphatic heterocycles. The second kappa shape index (κ2) is 4.95. The highest BCUT2D eigenvalue weighted by Crippen LogP contribution is 2.28. The van der Waals surface area contributed by atoms with Gasteiger partial charge >= 0.3 is 5.69 Å². The molecule has 0 spiro atoms. The minimum Gasteiger partial charge on any atom is -0.389 e. The molecule has 2 rings (SSSR count). The fraction of sp³-hybridized carbons (Fsp3) is 0.273. The Morgan fingerprint density at radius 1 is 1.56 bits per heavy atom. The zero-order valence-electron chi connectivity index (χ0n) is 9.85. The molecule has 1 heterocycles. The summed E-state index contributed by atoms with van der Waals surface area (Å²) >= 11 is 1.05. The van der Waals surface area contributed by atoms with Gasteiger partial charge in [0.1, 0.15) is 5.82 Å². The quantitative estimate of drug-likeness (QED) is 0.884. The Balaban J connectivity index is 2.30. The standard InChI is InChI=1S/C11H12FN3O2S/c1-6(16)7-3-4-9(8(12)5-7)18-11-14-13-10(17)15(11)2/h3-6,16H,1-2H3,(H,13,17)/t6-/m1/s1. The molecule has 1 atom stereocenters. The molecule has 2 N–H and O–H groups in total. The maximum atomic E-state index is 13.8. The summed E-state index contributed by atoms with van der Waals surface area (Å²) in [6.45, 7) is 1.57. The number of hydrogen-bond acceptors (Lipinski definition) is 4. The van der Waals surface area contributed by atoms with Gasteiger partial charge in [0.2, 0.25) is 0 Å². The summed E-state index contributed by atoms with van der Waals surface area (Å²) in [5.41, 5.74) is 0.159. The van der Waals surface area contributed by atoms with Gasteiger partial charge in [0.25, 0.3) is 0 Å². The van der Waals surface area contributed by atoms with E-state index in [4.69, 9.17) is 0 Å². The van der Waals surface area contributed by atoms with Crippen LogP contribution in [-0.2, 0) is 7.05 Å². The normalized spacial score (nSPS) is 12.7. The van der Waals surface area contributed by atoms with Crippen molar-refractivity contribution in [3.8, 4) is 0 Å². The summed E-state index contributed by atoms with van der Waals surface area (Å²) < 4.78 is 15.1. The zero-order chi connectivity index (χ0) is 13.3. The van der Waals surface area contributed by atoms with Gasteiger partial charge in [-0.05, 0) is 36.4 Å². The largest absolute Gasteiger partial charge is 0.389 e. The molecule has 0 radical (unpaired) electrons. The average Bonchev–Trinajstić information content (AvgIpc) is 2.63. The van der Waals surface area contributed by atoms with Crippen molar-refractivity contribution in [2.45, 2.75) is 23.1 Å². The van der Waals surface area contributed by atoms with Crippen LogP contribution in [0, 0.1) is 5.82 Å². The lowest BCUT2D eigenvalue weighted by atomic mass is 10.1. The first-order valence-electron chi connectivity index (χ1n) is 5.26. The number of nitrogens with zero attached hydrogens (tertiary/aromatic N) is 2. The second-order valence-corrected chi connectivity index (χ2v) is 4.85. The number of nitrogens with one attached hydrogen (secondary N) is 1. The topological polar surface area (TPSA) is 70.9 Å². The molecule has 7 heteroatoms. The molecule has 96 valence electrons. The summed E-state index contributed by atoms with van der Waals surface area (Å²) in [7, 11) is 1.55. The molecule has 2 aromatic rings. The lowest BCUT2D eigenvalue weighted by Crippen LogP contribution is -2.12. The number of aromatic nitrogens is 3. The van der Waals surface area contributed by atoms with E-state index in [2.05, 4.69) is 10.2 Å². The summed E-state index contributed by atoms with van der Waals surface area (Å²) in [5.74, 6) is -0.450. The van der Waals surface area contributed by atoms with E-state index in [1.165, 1.54) is 10.6 Å². The predicted molar refractivity (Wildman–Crippen MR) is 65.0 cm³/mol. The Morgan fingerprint density at radius 3 is 2.78 bits per heavy atom. The van der Waals surface area contributed by atoms with Crippen LogP contribution in [0.2, 0.25) is 0 Å². The van der Waals surface area contributed by atoms with E-state index in [1.807, 2.05) is 0 Å². The fourth-order valence-electron chi connectivity index (χ4n) is 1.38. The molecule has 18 heavy (non-hydrogen) atoms. The van der Waals surface area contributed by atoms with Crippen LogP contribution < -0.4 is 5.69 Å². The third-order valence-electron chi connectivity index (χ3n) is 2.48. The Bertz CT molecular complexity index is 621. The minimum absolute atomic E-state index is 0.349. The minimum atomic E-state index is -0.715. The molecule has 1 aromatic heterocycles. The van der Waals surface area contributed by atoms with Crippen LogP contribution in [0.4, 0.5) is 4.39 Å². The van der Waals surface area contributed by atoms with Crippen LogP contribution in [0.15, 0.2) is 33.0 Å². The van der Waals surface area contributed by atoms with Crippen LogP contribution in [0.1, 0.15) is 18.6 Å². The SMILES string of the molecule is C[C@@H](O)c1ccc(Sc2n[nH]c(=O)n2C)c(F)c1. The van der Waals surface area contributed by atoms with Crippen molar-refractivity contribution in [1.82, 2.24) is 14.8 Å². The fourth-order valence-corrected chi connectivity index (χ4v) is 2.18. The predicted octanol–water partition coefficient (Wildman–Crippen LogP) is 1.45. The van der Waals surface area contributed by atoms with Crippen LogP contribution in [0.5, 0.6) is 0 Å². The lowest BCUT2D eigenvalue weighted by molar-refractivity contribution is 0.198. The van der Waals surface area contributed by atoms with Crippen LogP contribution >= 0.6 is 11.8 Å². The number of aliphatic hydroxyl groups is 1. The van der Waals surface area contributed by atoms with Gasteiger partial charge in [-0.2, -0.15) is 0 Å². The highest BCUT2D eigenvalue weighted by molar-refractivity contribution is 7.99. The van der Waals surface area contributed by atoms with E-state index < -0.39 is 11.9 Å². The van der Waals surface area contributed by atoms with Crippen LogP contribution in [0.3, 0.4) is 0 Å². The van der Waals surface area contributed by atoms with Gasteiger partial charge in [-0.3, -0.25) is 4.57 Å². The Hall–Kier alpha value is -1.60. The number of aliphatic hydroxyl groups excluding tert-OH is 1. The Morgan fingerprint density at radius 2 is 2.28 bits per heavy atom. The van der Waals surface area contributed by atoms with E-state index in [0.717, 1.165) is 11.8 Å². The summed E-state index contributed by atoms with van der Waals surface area (Å²) in [6, 6.07) is 4.47. The van der Waals surface area contributed by atoms with Crippen molar-refractivity contribution < 1.29 is 9.50 Å². The van der Waals surface area contributed by atoms with Crippen molar-refractivity contribution in [3.05, 3.63) is 40.1 Å². The third-order valence-corrected chi connectivity index (χ3v) is 3.58. The molecular weight excluding hydrogens is 257 g/mol. The summed E-state index contributed by atoms with van der Waals surface area (Å²) in [6.07, 6.45) is -0.715. The number of rotatable bonds is 3. The van der Waals surface area contributed by atoms with Crippen molar-refractivity contribution in [1.29, 1.82) is 0 Å². The molecule has 1 aromatic carbocycles. The van der Waals surface area contributed by atoms with Crippen molar-refractivity contribution in [2.75, 3.05) is 0 Å². The van der Waals surface area contributed by atoms with Gasteiger partial charge in [0.15, 0.2) is 5.16 Å². The molecule has 0 aliphatic rings. The molecular formula is C11H12FN3O2S. The third kappa shape index (κ3) is 2.46. The number of H-pyrrole nitrogens is 1. The van der Waals surface area contributed by atoms with Gasteiger partial charge in [-0.15, -0.1) is 5.10 Å². The molecule has 0 unspecified atom stereocenters. The van der Waals surface area contributed by atoms with E-state index in [-0.39, 0.29) is 5.69 Å². The van der Waals surface area contributed by atoms with Crippen molar-refractivity contribution in [2.24, 2.45) is 7.05 Å². The highest BCUT2D eigenvalue weighted by Gasteiger charge is 2.11. The number of halogens is 1. The monoisotopic (exact) mass is 269 g/mol. The van der Waals surface area contributed by atoms with Gasteiger partial charge in [-0.25, -0.2) is 14.3 Å². The first-order chi connectivity index (χ1) is 8.49. The van der Waals surface area contributed by atoms with Crippen molar-refractivity contribution >= 4 is 11.8 Å².